The first-order valence-electron chi connectivity index (χ1n) is 13.8. The zero-order valence-electron chi connectivity index (χ0n) is 22.0. The van der Waals surface area contributed by atoms with Crippen LogP contribution in [0.25, 0.3) is 0 Å². The maximum atomic E-state index is 14.3. The van der Waals surface area contributed by atoms with Crippen LogP contribution in [0.2, 0.25) is 0 Å². The van der Waals surface area contributed by atoms with Crippen molar-refractivity contribution < 1.29 is 13.6 Å². The number of nitrogens with one attached hydrogen (secondary N) is 3. The highest BCUT2D eigenvalue weighted by Gasteiger charge is 2.27. The van der Waals surface area contributed by atoms with Crippen LogP contribution in [0.3, 0.4) is 0 Å². The van der Waals surface area contributed by atoms with Gasteiger partial charge in [-0.3, -0.25) is 4.79 Å². The molecule has 0 aliphatic heterocycles. The normalized spacial score (nSPS) is 17.7. The van der Waals surface area contributed by atoms with E-state index >= 15 is 0 Å². The molecular weight excluding hydrogens is 484 g/mol. The van der Waals surface area contributed by atoms with Crippen molar-refractivity contribution in [3.8, 4) is 0 Å². The van der Waals surface area contributed by atoms with Crippen molar-refractivity contribution in [3.05, 3.63) is 82.8 Å². The van der Waals surface area contributed by atoms with Crippen molar-refractivity contribution in [3.63, 3.8) is 0 Å². The molecule has 3 aromatic rings. The summed E-state index contributed by atoms with van der Waals surface area (Å²) in [5, 5.41) is 10.0. The molecule has 0 radical (unpaired) electrons. The van der Waals surface area contributed by atoms with Crippen LogP contribution in [0, 0.1) is 11.6 Å². The summed E-state index contributed by atoms with van der Waals surface area (Å²) in [6.45, 7) is 3.78. The molecule has 0 spiro atoms. The molecule has 0 saturated heterocycles. The number of benzene rings is 2. The summed E-state index contributed by atoms with van der Waals surface area (Å²) in [4.78, 5) is 17.5. The summed E-state index contributed by atoms with van der Waals surface area (Å²) >= 11 is 0. The SMILES string of the molecule is CCC[C@H](NC1CCc2cc(F)cc(F)c2C1)C(=O)Nc1cn(CCCNC2Cc3ccccc3C2)cn1. The Bertz CT molecular complexity index is 1230. The van der Waals surface area contributed by atoms with Crippen LogP contribution < -0.4 is 16.0 Å². The van der Waals surface area contributed by atoms with Crippen molar-refractivity contribution in [2.24, 2.45) is 0 Å². The quantitative estimate of drug-likeness (QED) is 0.324. The molecule has 38 heavy (non-hydrogen) atoms. The standard InChI is InChI=1S/C30H37F2N5O/c1-2-6-28(35-24-10-9-22-13-23(31)16-27(32)26(22)17-24)30(38)36-29-18-37(19-34-29)12-5-11-33-25-14-20-7-3-4-8-21(20)15-25/h3-4,7-8,13,16,18-19,24-25,28,33,35H,2,5-6,9-12,14-15,17H2,1H3,(H,36,38)/t24?,28-/m0/s1. The fourth-order valence-electron chi connectivity index (χ4n) is 5.82. The zero-order valence-corrected chi connectivity index (χ0v) is 22.0. The highest BCUT2D eigenvalue weighted by Crippen LogP contribution is 2.26. The monoisotopic (exact) mass is 521 g/mol. The molecule has 0 fully saturated rings. The minimum absolute atomic E-state index is 0.0394. The van der Waals surface area contributed by atoms with Crippen molar-refractivity contribution in [2.45, 2.75) is 83.0 Å². The van der Waals surface area contributed by atoms with Gasteiger partial charge in [-0.15, -0.1) is 0 Å². The highest BCUT2D eigenvalue weighted by atomic mass is 19.1. The Kier molecular flexibility index (Phi) is 8.49. The Morgan fingerprint density at radius 3 is 2.66 bits per heavy atom. The molecule has 0 saturated carbocycles. The summed E-state index contributed by atoms with van der Waals surface area (Å²) in [5.74, 6) is -0.638. The molecule has 1 unspecified atom stereocenters. The van der Waals surface area contributed by atoms with Crippen molar-refractivity contribution in [2.75, 3.05) is 11.9 Å². The maximum Gasteiger partial charge on any atom is 0.242 e. The topological polar surface area (TPSA) is 71.0 Å². The number of nitrogens with zero attached hydrogens (tertiary/aromatic N) is 2. The largest absolute Gasteiger partial charge is 0.335 e. The Hall–Kier alpha value is -3.10. The number of carbonyl (C=O) groups excluding carboxylic acids is 1. The summed E-state index contributed by atoms with van der Waals surface area (Å²) in [6, 6.07) is 11.1. The van der Waals surface area contributed by atoms with Crippen LogP contribution in [0.15, 0.2) is 48.9 Å². The van der Waals surface area contributed by atoms with Crippen LogP contribution >= 0.6 is 0 Å². The molecule has 1 amide bonds. The Labute approximate surface area is 223 Å². The Morgan fingerprint density at radius 1 is 1.11 bits per heavy atom. The van der Waals surface area contributed by atoms with E-state index in [1.807, 2.05) is 17.7 Å². The Morgan fingerprint density at radius 2 is 1.89 bits per heavy atom. The number of aromatic nitrogens is 2. The number of hydrogen-bond acceptors (Lipinski definition) is 4. The first-order valence-corrected chi connectivity index (χ1v) is 13.8. The van der Waals surface area contributed by atoms with E-state index in [9.17, 15) is 13.6 Å². The number of fused-ring (bicyclic) bond motifs is 2. The molecule has 2 aromatic carbocycles. The van der Waals surface area contributed by atoms with Gasteiger partial charge < -0.3 is 20.5 Å². The molecular formula is C30H37F2N5O. The molecule has 2 aliphatic carbocycles. The molecule has 202 valence electrons. The van der Waals surface area contributed by atoms with E-state index in [1.165, 1.54) is 17.2 Å². The van der Waals surface area contributed by atoms with Gasteiger partial charge in [0, 0.05) is 30.9 Å². The minimum atomic E-state index is -0.536. The van der Waals surface area contributed by atoms with Gasteiger partial charge in [0.05, 0.1) is 12.4 Å². The molecule has 3 N–H and O–H groups in total. The van der Waals surface area contributed by atoms with Gasteiger partial charge in [-0.1, -0.05) is 37.6 Å². The third-order valence-corrected chi connectivity index (χ3v) is 7.76. The second kappa shape index (κ2) is 12.2. The number of aryl methyl sites for hydroxylation is 2. The van der Waals surface area contributed by atoms with E-state index in [1.54, 1.807) is 6.33 Å². The molecule has 1 aromatic heterocycles. The fourth-order valence-corrected chi connectivity index (χ4v) is 5.82. The third kappa shape index (κ3) is 6.48. The molecule has 5 rings (SSSR count). The van der Waals surface area contributed by atoms with Crippen LogP contribution in [-0.4, -0.2) is 40.1 Å². The number of imidazole rings is 1. The van der Waals surface area contributed by atoms with Gasteiger partial charge in [0.25, 0.3) is 0 Å². The van der Waals surface area contributed by atoms with Crippen LogP contribution in [0.1, 0.15) is 54.9 Å². The fraction of sp³-hybridized carbons (Fsp3) is 0.467. The van der Waals surface area contributed by atoms with Crippen LogP contribution in [0.4, 0.5) is 14.6 Å². The van der Waals surface area contributed by atoms with Crippen molar-refractivity contribution in [1.29, 1.82) is 0 Å². The highest BCUT2D eigenvalue weighted by molar-refractivity contribution is 5.94. The lowest BCUT2D eigenvalue weighted by atomic mass is 9.87. The number of amides is 1. The summed E-state index contributed by atoms with van der Waals surface area (Å²) in [6.07, 6.45) is 10.0. The molecule has 2 aliphatic rings. The number of rotatable bonds is 11. The van der Waals surface area contributed by atoms with E-state index in [0.29, 0.717) is 36.7 Å². The third-order valence-electron chi connectivity index (χ3n) is 7.76. The Balaban J connectivity index is 1.08. The summed E-state index contributed by atoms with van der Waals surface area (Å²) in [7, 11) is 0. The van der Waals surface area contributed by atoms with E-state index in [4.69, 9.17) is 0 Å². The first-order chi connectivity index (χ1) is 18.5. The number of halogens is 2. The summed E-state index contributed by atoms with van der Waals surface area (Å²) < 4.78 is 29.9. The molecule has 1 heterocycles. The molecule has 0 bridgehead atoms. The van der Waals surface area contributed by atoms with Gasteiger partial charge in [0.1, 0.15) is 11.6 Å². The van der Waals surface area contributed by atoms with E-state index < -0.39 is 17.7 Å². The van der Waals surface area contributed by atoms with Gasteiger partial charge in [0.2, 0.25) is 5.91 Å². The van der Waals surface area contributed by atoms with Crippen molar-refractivity contribution in [1.82, 2.24) is 20.2 Å². The number of carbonyl (C=O) groups is 1. The number of anilines is 1. The molecule has 6 nitrogen and oxygen atoms in total. The van der Waals surface area contributed by atoms with Crippen molar-refractivity contribution >= 4 is 11.7 Å². The van der Waals surface area contributed by atoms with E-state index in [2.05, 4.69) is 45.2 Å². The second-order valence-corrected chi connectivity index (χ2v) is 10.6. The van der Waals surface area contributed by atoms with Gasteiger partial charge in [0.15, 0.2) is 5.82 Å². The lowest BCUT2D eigenvalue weighted by Crippen LogP contribution is -2.48. The predicted molar refractivity (Wildman–Crippen MR) is 145 cm³/mol. The van der Waals surface area contributed by atoms with Crippen LogP contribution in [0.5, 0.6) is 0 Å². The maximum absolute atomic E-state index is 14.3. The van der Waals surface area contributed by atoms with E-state index in [-0.39, 0.29) is 11.9 Å². The van der Waals surface area contributed by atoms with Gasteiger partial charge >= 0.3 is 0 Å². The first kappa shape index (κ1) is 26.5. The number of hydrogen-bond donors (Lipinski definition) is 3. The smallest absolute Gasteiger partial charge is 0.242 e. The minimum Gasteiger partial charge on any atom is -0.335 e. The second-order valence-electron chi connectivity index (χ2n) is 10.6. The average Bonchev–Trinajstić information content (AvgIpc) is 3.53. The predicted octanol–water partition coefficient (Wildman–Crippen LogP) is 4.56. The molecule has 2 atom stereocenters. The zero-order chi connectivity index (χ0) is 26.5. The van der Waals surface area contributed by atoms with E-state index in [0.717, 1.165) is 56.8 Å². The van der Waals surface area contributed by atoms with Crippen LogP contribution in [-0.2, 0) is 37.0 Å². The van der Waals surface area contributed by atoms with Gasteiger partial charge in [-0.25, -0.2) is 13.8 Å². The van der Waals surface area contributed by atoms with Gasteiger partial charge in [-0.2, -0.15) is 0 Å². The average molecular weight is 522 g/mol. The lowest BCUT2D eigenvalue weighted by molar-refractivity contribution is -0.118. The molecule has 8 heteroatoms. The summed E-state index contributed by atoms with van der Waals surface area (Å²) in [5.41, 5.74) is 4.18. The lowest BCUT2D eigenvalue weighted by Gasteiger charge is -2.29. The van der Waals surface area contributed by atoms with Gasteiger partial charge in [-0.05, 0) is 79.8 Å².